The van der Waals surface area contributed by atoms with E-state index < -0.39 is 18.7 Å². The summed E-state index contributed by atoms with van der Waals surface area (Å²) in [5.41, 5.74) is 8.24. The predicted octanol–water partition coefficient (Wildman–Crippen LogP) is 2.88. The highest BCUT2D eigenvalue weighted by atomic mass is 19.1. The maximum Gasteiger partial charge on any atom is 0.228 e. The molecule has 0 bridgehead atoms. The van der Waals surface area contributed by atoms with Crippen molar-refractivity contribution in [3.63, 3.8) is 0 Å². The van der Waals surface area contributed by atoms with Gasteiger partial charge in [-0.2, -0.15) is 0 Å². The number of aryl methyl sites for hydroxylation is 1. The fraction of sp³-hybridized carbons (Fsp3) is 0.214. The number of nitrogens with zero attached hydrogens (tertiary/aromatic N) is 1. The molecule has 2 N–H and O–H groups in total. The highest BCUT2D eigenvalue weighted by molar-refractivity contribution is 5.34. The Morgan fingerprint density at radius 2 is 2.11 bits per heavy atom. The minimum absolute atomic E-state index is 0.129. The number of pyridine rings is 1. The van der Waals surface area contributed by atoms with E-state index in [2.05, 4.69) is 9.72 Å². The van der Waals surface area contributed by atoms with Gasteiger partial charge in [-0.15, -0.1) is 0 Å². The minimum atomic E-state index is -1.07. The zero-order chi connectivity index (χ0) is 13.8. The molecule has 5 heteroatoms. The average Bonchev–Trinajstić information content (AvgIpc) is 2.41. The summed E-state index contributed by atoms with van der Waals surface area (Å²) in [6, 6.07) is 7.34. The molecule has 0 amide bonds. The van der Waals surface area contributed by atoms with Crippen LogP contribution < -0.4 is 10.5 Å². The van der Waals surface area contributed by atoms with Gasteiger partial charge in [-0.25, -0.2) is 8.78 Å². The molecule has 0 saturated heterocycles. The van der Waals surface area contributed by atoms with E-state index in [1.807, 2.05) is 13.0 Å². The van der Waals surface area contributed by atoms with Gasteiger partial charge in [0, 0.05) is 6.20 Å². The average molecular weight is 264 g/mol. The quantitative estimate of drug-likeness (QED) is 0.923. The van der Waals surface area contributed by atoms with Gasteiger partial charge in [-0.3, -0.25) is 4.98 Å². The first-order valence-electron chi connectivity index (χ1n) is 5.78. The van der Waals surface area contributed by atoms with Gasteiger partial charge in [0.25, 0.3) is 0 Å². The van der Waals surface area contributed by atoms with Crippen molar-refractivity contribution in [2.24, 2.45) is 5.73 Å². The van der Waals surface area contributed by atoms with Crippen LogP contribution in [0, 0.1) is 12.7 Å². The number of rotatable bonds is 4. The lowest BCUT2D eigenvalue weighted by molar-refractivity contribution is 0.184. The van der Waals surface area contributed by atoms with Gasteiger partial charge in [-0.05, 0) is 36.2 Å². The lowest BCUT2D eigenvalue weighted by Gasteiger charge is -2.13. The van der Waals surface area contributed by atoms with E-state index in [0.29, 0.717) is 11.3 Å². The zero-order valence-corrected chi connectivity index (χ0v) is 10.4. The fourth-order valence-corrected chi connectivity index (χ4v) is 1.72. The maximum absolute atomic E-state index is 13.6. The van der Waals surface area contributed by atoms with Gasteiger partial charge in [-0.1, -0.05) is 12.1 Å². The number of ether oxygens (including phenoxy) is 1. The Bertz CT molecular complexity index is 558. The summed E-state index contributed by atoms with van der Waals surface area (Å²) in [5, 5.41) is 0. The third kappa shape index (κ3) is 3.06. The Balaban J connectivity index is 2.26. The molecule has 19 heavy (non-hydrogen) atoms. The number of alkyl halides is 1. The first-order valence-corrected chi connectivity index (χ1v) is 5.78. The Labute approximate surface area is 110 Å². The highest BCUT2D eigenvalue weighted by Crippen LogP contribution is 2.24. The van der Waals surface area contributed by atoms with Crippen LogP contribution in [0.2, 0.25) is 0 Å². The Hall–Kier alpha value is -2.01. The molecular weight excluding hydrogens is 250 g/mol. The molecule has 0 aliphatic heterocycles. The van der Waals surface area contributed by atoms with Crippen molar-refractivity contribution >= 4 is 0 Å². The van der Waals surface area contributed by atoms with E-state index in [0.717, 1.165) is 5.56 Å². The second kappa shape index (κ2) is 5.75. The summed E-state index contributed by atoms with van der Waals surface area (Å²) >= 11 is 0. The van der Waals surface area contributed by atoms with E-state index in [4.69, 9.17) is 5.73 Å². The molecule has 1 aromatic carbocycles. The van der Waals surface area contributed by atoms with Crippen molar-refractivity contribution in [2.75, 3.05) is 6.86 Å². The van der Waals surface area contributed by atoms with Crippen molar-refractivity contribution in [1.82, 2.24) is 4.98 Å². The molecule has 2 rings (SSSR count). The largest absolute Gasteiger partial charge is 0.460 e. The molecule has 1 atom stereocenters. The van der Waals surface area contributed by atoms with Crippen LogP contribution in [0.15, 0.2) is 36.5 Å². The second-order valence-electron chi connectivity index (χ2n) is 4.18. The molecule has 1 aromatic heterocycles. The van der Waals surface area contributed by atoms with Crippen LogP contribution in [0.1, 0.15) is 22.9 Å². The van der Waals surface area contributed by atoms with Gasteiger partial charge in [0.05, 0.1) is 11.7 Å². The third-order valence-electron chi connectivity index (χ3n) is 2.78. The number of aromatic nitrogens is 1. The second-order valence-corrected chi connectivity index (χ2v) is 4.18. The summed E-state index contributed by atoms with van der Waals surface area (Å²) in [4.78, 5) is 4.20. The van der Waals surface area contributed by atoms with Gasteiger partial charge in [0.15, 0.2) is 11.6 Å². The molecule has 0 radical (unpaired) electrons. The molecule has 1 heterocycles. The molecule has 0 fully saturated rings. The van der Waals surface area contributed by atoms with E-state index >= 15 is 0 Å². The molecule has 0 spiro atoms. The van der Waals surface area contributed by atoms with Crippen LogP contribution in [-0.2, 0) is 0 Å². The highest BCUT2D eigenvalue weighted by Gasteiger charge is 2.13. The number of hydrogen-bond acceptors (Lipinski definition) is 3. The zero-order valence-electron chi connectivity index (χ0n) is 10.4. The van der Waals surface area contributed by atoms with Crippen LogP contribution >= 0.6 is 0 Å². The van der Waals surface area contributed by atoms with Crippen molar-refractivity contribution < 1.29 is 13.5 Å². The number of halogens is 2. The molecule has 0 aliphatic rings. The van der Waals surface area contributed by atoms with E-state index in [9.17, 15) is 8.78 Å². The van der Waals surface area contributed by atoms with Crippen molar-refractivity contribution in [1.29, 1.82) is 0 Å². The summed E-state index contributed by atoms with van der Waals surface area (Å²) in [6.07, 6.45) is 1.70. The van der Waals surface area contributed by atoms with Crippen molar-refractivity contribution in [2.45, 2.75) is 13.0 Å². The molecule has 0 aliphatic carbocycles. The summed E-state index contributed by atoms with van der Waals surface area (Å²) < 4.78 is 30.1. The van der Waals surface area contributed by atoms with Crippen LogP contribution in [-0.4, -0.2) is 11.8 Å². The minimum Gasteiger partial charge on any atom is -0.460 e. The number of hydrogen-bond donors (Lipinski definition) is 1. The van der Waals surface area contributed by atoms with Crippen LogP contribution in [0.5, 0.6) is 5.75 Å². The van der Waals surface area contributed by atoms with Crippen molar-refractivity contribution in [3.05, 3.63) is 59.2 Å². The fourth-order valence-electron chi connectivity index (χ4n) is 1.72. The monoisotopic (exact) mass is 264 g/mol. The first-order chi connectivity index (χ1) is 9.11. The predicted molar refractivity (Wildman–Crippen MR) is 68.0 cm³/mol. The van der Waals surface area contributed by atoms with E-state index in [-0.39, 0.29) is 5.75 Å². The van der Waals surface area contributed by atoms with Gasteiger partial charge < -0.3 is 10.5 Å². The van der Waals surface area contributed by atoms with Crippen molar-refractivity contribution in [3.8, 4) is 5.75 Å². The van der Waals surface area contributed by atoms with E-state index in [1.165, 1.54) is 12.1 Å². The van der Waals surface area contributed by atoms with Crippen LogP contribution in [0.25, 0.3) is 0 Å². The topological polar surface area (TPSA) is 48.1 Å². The number of benzene rings is 1. The maximum atomic E-state index is 13.6. The lowest BCUT2D eigenvalue weighted by atomic mass is 10.0. The molecule has 0 saturated carbocycles. The van der Waals surface area contributed by atoms with Gasteiger partial charge in [0.2, 0.25) is 6.86 Å². The Morgan fingerprint density at radius 1 is 1.32 bits per heavy atom. The standard InChI is InChI=1S/C14H14F2N2O/c1-9-2-4-12(18-7-9)14(17)10-3-5-13(19-8-15)11(16)6-10/h2-7,14H,8,17H2,1H3. The lowest BCUT2D eigenvalue weighted by Crippen LogP contribution is -2.13. The summed E-state index contributed by atoms with van der Waals surface area (Å²) in [5.74, 6) is -0.770. The molecule has 1 unspecified atom stereocenters. The first kappa shape index (κ1) is 13.4. The smallest absolute Gasteiger partial charge is 0.228 e. The van der Waals surface area contributed by atoms with Crippen LogP contribution in [0.3, 0.4) is 0 Å². The number of nitrogens with two attached hydrogens (primary N) is 1. The summed E-state index contributed by atoms with van der Waals surface area (Å²) in [7, 11) is 0. The van der Waals surface area contributed by atoms with Gasteiger partial charge in [0.1, 0.15) is 0 Å². The molecular formula is C14H14F2N2O. The Morgan fingerprint density at radius 3 is 2.68 bits per heavy atom. The SMILES string of the molecule is Cc1ccc(C(N)c2ccc(OCF)c(F)c2)nc1. The third-order valence-corrected chi connectivity index (χ3v) is 2.78. The summed E-state index contributed by atoms with van der Waals surface area (Å²) in [6.45, 7) is 0.854. The normalized spacial score (nSPS) is 12.2. The van der Waals surface area contributed by atoms with E-state index in [1.54, 1.807) is 18.3 Å². The van der Waals surface area contributed by atoms with Gasteiger partial charge >= 0.3 is 0 Å². The molecule has 3 nitrogen and oxygen atoms in total. The molecule has 100 valence electrons. The van der Waals surface area contributed by atoms with Crippen LogP contribution in [0.4, 0.5) is 8.78 Å². The Kier molecular flexibility index (Phi) is 4.06. The molecule has 2 aromatic rings.